The molecule has 2 saturated carbocycles. The van der Waals surface area contributed by atoms with Gasteiger partial charge < -0.3 is 4.57 Å². The topological polar surface area (TPSA) is 46.9 Å². The van der Waals surface area contributed by atoms with Gasteiger partial charge in [0.15, 0.2) is 11.6 Å². The highest BCUT2D eigenvalue weighted by atomic mass is 19.3. The molecule has 4 nitrogen and oxygen atoms in total. The summed E-state index contributed by atoms with van der Waals surface area (Å²) in [6, 6.07) is 1.86. The first-order valence-corrected chi connectivity index (χ1v) is 8.88. The number of benzene rings is 1. The lowest BCUT2D eigenvalue weighted by molar-refractivity contribution is -0.313. The van der Waals surface area contributed by atoms with Gasteiger partial charge in [0.1, 0.15) is 0 Å². The van der Waals surface area contributed by atoms with Gasteiger partial charge in [-0.3, -0.25) is 10.1 Å². The summed E-state index contributed by atoms with van der Waals surface area (Å²) in [4.78, 5) is 16.3. The summed E-state index contributed by atoms with van der Waals surface area (Å²) in [7, 11) is 0. The molecule has 0 saturated heterocycles. The molecular formula is C18H17F6N3O. The van der Waals surface area contributed by atoms with E-state index >= 15 is 0 Å². The van der Waals surface area contributed by atoms with Crippen LogP contribution in [0.4, 0.5) is 32.3 Å². The fraction of sp³-hybridized carbons (Fsp3) is 0.556. The number of nitrogens with one attached hydrogen (secondary N) is 1. The minimum absolute atomic E-state index is 0.0402. The Kier molecular flexibility index (Phi) is 4.00. The van der Waals surface area contributed by atoms with Gasteiger partial charge in [-0.2, -0.15) is 17.6 Å². The molecule has 1 N–H and O–H groups in total. The maximum absolute atomic E-state index is 13.7. The molecule has 0 aliphatic heterocycles. The van der Waals surface area contributed by atoms with Crippen LogP contribution in [0.1, 0.15) is 39.0 Å². The van der Waals surface area contributed by atoms with Crippen molar-refractivity contribution in [2.75, 3.05) is 5.32 Å². The van der Waals surface area contributed by atoms with Crippen molar-refractivity contribution in [2.24, 2.45) is 5.92 Å². The van der Waals surface area contributed by atoms with Crippen LogP contribution in [0.2, 0.25) is 0 Å². The quantitative estimate of drug-likeness (QED) is 0.741. The van der Waals surface area contributed by atoms with Crippen molar-refractivity contribution in [3.05, 3.63) is 23.8 Å². The van der Waals surface area contributed by atoms with E-state index in [4.69, 9.17) is 0 Å². The number of rotatable bonds is 4. The summed E-state index contributed by atoms with van der Waals surface area (Å²) in [5.74, 6) is -13.2. The number of nitrogens with zero attached hydrogens (tertiary/aromatic N) is 2. The Balaban J connectivity index is 1.63. The van der Waals surface area contributed by atoms with E-state index in [1.807, 2.05) is 6.92 Å². The van der Waals surface area contributed by atoms with E-state index in [1.54, 1.807) is 4.57 Å². The molecule has 1 aromatic heterocycles. The van der Waals surface area contributed by atoms with Crippen molar-refractivity contribution < 1.29 is 31.1 Å². The second-order valence-electron chi connectivity index (χ2n) is 7.86. The maximum atomic E-state index is 13.7. The lowest BCUT2D eigenvalue weighted by atomic mass is 9.74. The van der Waals surface area contributed by atoms with Gasteiger partial charge in [-0.05, 0) is 26.2 Å². The molecule has 0 bridgehead atoms. The van der Waals surface area contributed by atoms with Gasteiger partial charge in [0, 0.05) is 36.4 Å². The highest BCUT2D eigenvalue weighted by molar-refractivity contribution is 5.92. The molecular weight excluding hydrogens is 388 g/mol. The molecule has 1 unspecified atom stereocenters. The largest absolute Gasteiger partial charge is 0.313 e. The lowest BCUT2D eigenvalue weighted by Crippen LogP contribution is -2.59. The monoisotopic (exact) mass is 405 g/mol. The molecule has 2 aliphatic rings. The van der Waals surface area contributed by atoms with Gasteiger partial charge in [0.05, 0.1) is 11.0 Å². The van der Waals surface area contributed by atoms with Crippen LogP contribution in [0.15, 0.2) is 12.1 Å². The summed E-state index contributed by atoms with van der Waals surface area (Å²) in [6.07, 6.45) is 0.417. The lowest BCUT2D eigenvalue weighted by Gasteiger charge is -2.43. The second kappa shape index (κ2) is 5.87. The number of alkyl halides is 4. The first-order valence-electron chi connectivity index (χ1n) is 8.88. The third-order valence-corrected chi connectivity index (χ3v) is 5.85. The summed E-state index contributed by atoms with van der Waals surface area (Å²) in [6.45, 7) is 1.86. The molecule has 152 valence electrons. The molecule has 1 amide bonds. The van der Waals surface area contributed by atoms with Gasteiger partial charge >= 0.3 is 11.8 Å². The van der Waals surface area contributed by atoms with Crippen LogP contribution in [0.5, 0.6) is 0 Å². The maximum Gasteiger partial charge on any atom is 0.313 e. The van der Waals surface area contributed by atoms with Gasteiger partial charge in [-0.25, -0.2) is 13.8 Å². The SMILES string of the molecule is CC1(n2c(NC(=O)CC3CC(F)(F)C3(F)F)nc3cc(F)c(F)cc32)CCC1. The number of imidazole rings is 1. The van der Waals surface area contributed by atoms with E-state index in [9.17, 15) is 31.1 Å². The molecule has 4 rings (SSSR count). The van der Waals surface area contributed by atoms with E-state index in [-0.39, 0.29) is 17.0 Å². The Morgan fingerprint density at radius 1 is 1.21 bits per heavy atom. The Morgan fingerprint density at radius 3 is 2.39 bits per heavy atom. The summed E-state index contributed by atoms with van der Waals surface area (Å²) in [5, 5.41) is 2.37. The van der Waals surface area contributed by atoms with Crippen molar-refractivity contribution in [3.63, 3.8) is 0 Å². The second-order valence-corrected chi connectivity index (χ2v) is 7.86. The molecule has 2 fully saturated rings. The number of amides is 1. The first kappa shape index (κ1) is 19.1. The van der Waals surface area contributed by atoms with Crippen LogP contribution in [-0.2, 0) is 10.3 Å². The van der Waals surface area contributed by atoms with Gasteiger partial charge in [-0.15, -0.1) is 0 Å². The molecule has 1 atom stereocenters. The zero-order valence-electron chi connectivity index (χ0n) is 14.8. The summed E-state index contributed by atoms with van der Waals surface area (Å²) >= 11 is 0. The van der Waals surface area contributed by atoms with Crippen molar-refractivity contribution in [1.82, 2.24) is 9.55 Å². The Bertz CT molecular complexity index is 966. The van der Waals surface area contributed by atoms with E-state index in [0.717, 1.165) is 18.6 Å². The van der Waals surface area contributed by atoms with E-state index in [0.29, 0.717) is 12.8 Å². The molecule has 10 heteroatoms. The number of carbonyl (C=O) groups is 1. The van der Waals surface area contributed by atoms with Gasteiger partial charge in [0.2, 0.25) is 11.9 Å². The molecule has 1 heterocycles. The number of hydrogen-bond donors (Lipinski definition) is 1. The third-order valence-electron chi connectivity index (χ3n) is 5.85. The van der Waals surface area contributed by atoms with E-state index in [1.165, 1.54) is 0 Å². The molecule has 1 aromatic carbocycles. The van der Waals surface area contributed by atoms with E-state index in [2.05, 4.69) is 10.3 Å². The Labute approximate surface area is 155 Å². The number of aromatic nitrogens is 2. The molecule has 2 aliphatic carbocycles. The Morgan fingerprint density at radius 2 is 1.86 bits per heavy atom. The number of halogens is 6. The van der Waals surface area contributed by atoms with Crippen LogP contribution in [0.3, 0.4) is 0 Å². The molecule has 0 spiro atoms. The molecule has 28 heavy (non-hydrogen) atoms. The van der Waals surface area contributed by atoms with Crippen molar-refractivity contribution in [2.45, 2.75) is 56.4 Å². The van der Waals surface area contributed by atoms with Crippen LogP contribution in [0, 0.1) is 17.6 Å². The fourth-order valence-corrected chi connectivity index (χ4v) is 3.96. The Hall–Kier alpha value is -2.26. The average molecular weight is 405 g/mol. The van der Waals surface area contributed by atoms with Gasteiger partial charge in [-0.1, -0.05) is 0 Å². The van der Waals surface area contributed by atoms with Crippen molar-refractivity contribution in [3.8, 4) is 0 Å². The van der Waals surface area contributed by atoms with E-state index < -0.39 is 53.7 Å². The third kappa shape index (κ3) is 2.68. The van der Waals surface area contributed by atoms with Crippen LogP contribution in [0.25, 0.3) is 11.0 Å². The minimum atomic E-state index is -4.24. The summed E-state index contributed by atoms with van der Waals surface area (Å²) in [5.41, 5.74) is -0.144. The van der Waals surface area contributed by atoms with Crippen LogP contribution in [-0.4, -0.2) is 27.3 Å². The van der Waals surface area contributed by atoms with Crippen molar-refractivity contribution >= 4 is 22.9 Å². The minimum Gasteiger partial charge on any atom is -0.304 e. The highest BCUT2D eigenvalue weighted by Crippen LogP contribution is 2.56. The predicted octanol–water partition coefficient (Wildman–Crippen LogP) is 4.83. The fourth-order valence-electron chi connectivity index (χ4n) is 3.96. The van der Waals surface area contributed by atoms with Crippen LogP contribution >= 0.6 is 0 Å². The highest BCUT2D eigenvalue weighted by Gasteiger charge is 2.71. The number of anilines is 1. The standard InChI is InChI=1S/C18H17F6N3O/c1-16(3-2-4-16)27-13-7-11(20)10(19)6-12(13)25-15(27)26-14(28)5-9-8-17(21,22)18(9,23)24/h6-7,9H,2-5,8H2,1H3,(H,25,26,28). The predicted molar refractivity (Wildman–Crippen MR) is 88.4 cm³/mol. The normalized spacial score (nSPS) is 24.5. The first-order chi connectivity index (χ1) is 12.9. The smallest absolute Gasteiger partial charge is 0.304 e. The van der Waals surface area contributed by atoms with Crippen LogP contribution < -0.4 is 5.32 Å². The zero-order valence-corrected chi connectivity index (χ0v) is 14.8. The molecule has 0 radical (unpaired) electrons. The zero-order chi connectivity index (χ0) is 20.5. The van der Waals surface area contributed by atoms with Gasteiger partial charge in [0.25, 0.3) is 0 Å². The number of carbonyl (C=O) groups excluding carboxylic acids is 1. The molecule has 2 aromatic rings. The average Bonchev–Trinajstić information content (AvgIpc) is 2.89. The number of hydrogen-bond acceptors (Lipinski definition) is 2. The van der Waals surface area contributed by atoms with Crippen molar-refractivity contribution in [1.29, 1.82) is 0 Å². The summed E-state index contributed by atoms with van der Waals surface area (Å²) < 4.78 is 81.6. The number of fused-ring (bicyclic) bond motifs is 1.